The maximum Gasteiger partial charge on any atom is 0.0554 e. The van der Waals surface area contributed by atoms with Crippen molar-refractivity contribution in [3.8, 4) is 22.3 Å². The van der Waals surface area contributed by atoms with Crippen molar-refractivity contribution in [1.82, 2.24) is 0 Å². The van der Waals surface area contributed by atoms with Gasteiger partial charge in [0.25, 0.3) is 0 Å². The van der Waals surface area contributed by atoms with E-state index in [1.807, 2.05) is 11.3 Å². The molecule has 214 valence electrons. The van der Waals surface area contributed by atoms with Crippen LogP contribution in [-0.4, -0.2) is 0 Å². The molecule has 0 bridgehead atoms. The van der Waals surface area contributed by atoms with Crippen LogP contribution in [0.5, 0.6) is 0 Å². The molecule has 0 N–H and O–H groups in total. The highest BCUT2D eigenvalue weighted by Gasteiger charge is 2.39. The molecule has 0 atom stereocenters. The predicted molar refractivity (Wildman–Crippen MR) is 195 cm³/mol. The van der Waals surface area contributed by atoms with Crippen LogP contribution < -0.4 is 4.90 Å². The highest BCUT2D eigenvalue weighted by molar-refractivity contribution is 7.26. The van der Waals surface area contributed by atoms with Crippen LogP contribution in [0.25, 0.3) is 53.2 Å². The largest absolute Gasteiger partial charge is 0.309 e. The lowest BCUT2D eigenvalue weighted by Gasteiger charge is -2.33. The zero-order valence-electron chi connectivity index (χ0n) is 25.3. The summed E-state index contributed by atoms with van der Waals surface area (Å²) in [6, 6.07) is 55.9. The van der Waals surface area contributed by atoms with Crippen molar-refractivity contribution in [3.05, 3.63) is 163 Å². The Morgan fingerprint density at radius 2 is 1.20 bits per heavy atom. The van der Waals surface area contributed by atoms with E-state index >= 15 is 0 Å². The lowest BCUT2D eigenvalue weighted by Crippen LogP contribution is -2.20. The number of rotatable bonds is 4. The van der Waals surface area contributed by atoms with E-state index in [9.17, 15) is 0 Å². The highest BCUT2D eigenvalue weighted by atomic mass is 32.1. The molecule has 0 aliphatic heterocycles. The van der Waals surface area contributed by atoms with Crippen molar-refractivity contribution in [2.45, 2.75) is 19.3 Å². The number of benzene rings is 7. The van der Waals surface area contributed by atoms with Crippen molar-refractivity contribution in [2.75, 3.05) is 4.90 Å². The molecule has 0 amide bonds. The highest BCUT2D eigenvalue weighted by Crippen LogP contribution is 2.55. The minimum Gasteiger partial charge on any atom is -0.309 e. The third kappa shape index (κ3) is 3.99. The van der Waals surface area contributed by atoms with Gasteiger partial charge in [0.15, 0.2) is 0 Å². The number of hydrogen-bond acceptors (Lipinski definition) is 2. The maximum absolute atomic E-state index is 2.53. The molecule has 0 spiro atoms. The van der Waals surface area contributed by atoms with Gasteiger partial charge in [-0.1, -0.05) is 123 Å². The Labute approximate surface area is 267 Å². The molecule has 7 aromatic carbocycles. The lowest BCUT2D eigenvalue weighted by atomic mass is 9.81. The second kappa shape index (κ2) is 9.92. The number of thiophene rings is 1. The quantitative estimate of drug-likeness (QED) is 0.196. The van der Waals surface area contributed by atoms with Crippen molar-refractivity contribution >= 4 is 59.3 Å². The number of fused-ring (bicyclic) bond motifs is 7. The minimum atomic E-state index is -0.151. The standard InChI is InChI=1S/C43H31NS/c1-43(2)36-19-7-5-16-33(36)34-18-10-21-38(42(34)43)44(37-20-11-23-40-41(37)35-17-6-8-22-39(35)45-40)32-15-9-14-30(27-32)31-25-24-28-12-3-4-13-29(28)26-31/h3-27H,1-2H3. The summed E-state index contributed by atoms with van der Waals surface area (Å²) in [5.74, 6) is 0. The molecular formula is C43H31NS. The molecule has 1 heterocycles. The van der Waals surface area contributed by atoms with E-state index in [1.54, 1.807) is 0 Å². The Balaban J connectivity index is 1.33. The zero-order chi connectivity index (χ0) is 30.1. The van der Waals surface area contributed by atoms with Gasteiger partial charge < -0.3 is 4.90 Å². The van der Waals surface area contributed by atoms with Gasteiger partial charge in [-0.2, -0.15) is 0 Å². The Morgan fingerprint density at radius 3 is 2.13 bits per heavy atom. The van der Waals surface area contributed by atoms with Crippen LogP contribution in [0, 0.1) is 0 Å². The van der Waals surface area contributed by atoms with Gasteiger partial charge in [-0.3, -0.25) is 0 Å². The molecule has 0 radical (unpaired) electrons. The topological polar surface area (TPSA) is 3.24 Å². The van der Waals surface area contributed by atoms with E-state index < -0.39 is 0 Å². The smallest absolute Gasteiger partial charge is 0.0554 e. The summed E-state index contributed by atoms with van der Waals surface area (Å²) in [7, 11) is 0. The molecule has 45 heavy (non-hydrogen) atoms. The first-order valence-corrected chi connectivity index (χ1v) is 16.4. The Kier molecular flexibility index (Phi) is 5.78. The molecule has 1 aliphatic carbocycles. The monoisotopic (exact) mass is 593 g/mol. The lowest BCUT2D eigenvalue weighted by molar-refractivity contribution is 0.661. The summed E-state index contributed by atoms with van der Waals surface area (Å²) < 4.78 is 2.62. The van der Waals surface area contributed by atoms with Crippen molar-refractivity contribution in [1.29, 1.82) is 0 Å². The fourth-order valence-electron chi connectivity index (χ4n) is 7.55. The van der Waals surface area contributed by atoms with E-state index in [-0.39, 0.29) is 5.41 Å². The molecule has 0 saturated heterocycles. The molecule has 1 aromatic heterocycles. The molecular weight excluding hydrogens is 563 g/mol. The summed E-state index contributed by atoms with van der Waals surface area (Å²) in [6.07, 6.45) is 0. The second-order valence-electron chi connectivity index (χ2n) is 12.6. The van der Waals surface area contributed by atoms with Crippen LogP contribution in [0.1, 0.15) is 25.0 Å². The fraction of sp³-hybridized carbons (Fsp3) is 0.0698. The van der Waals surface area contributed by atoms with Gasteiger partial charge in [0.2, 0.25) is 0 Å². The van der Waals surface area contributed by atoms with Crippen LogP contribution in [0.3, 0.4) is 0 Å². The summed E-state index contributed by atoms with van der Waals surface area (Å²) in [5, 5.41) is 5.13. The van der Waals surface area contributed by atoms with Crippen molar-refractivity contribution < 1.29 is 0 Å². The van der Waals surface area contributed by atoms with Gasteiger partial charge in [-0.15, -0.1) is 11.3 Å². The number of nitrogens with zero attached hydrogens (tertiary/aromatic N) is 1. The van der Waals surface area contributed by atoms with Crippen molar-refractivity contribution in [2.24, 2.45) is 0 Å². The van der Waals surface area contributed by atoms with Crippen LogP contribution in [0.4, 0.5) is 17.1 Å². The minimum absolute atomic E-state index is 0.151. The molecule has 2 heteroatoms. The van der Waals surface area contributed by atoms with Gasteiger partial charge in [-0.05, 0) is 86.6 Å². The zero-order valence-corrected chi connectivity index (χ0v) is 26.1. The Bertz CT molecular complexity index is 2430. The SMILES string of the molecule is CC1(C)c2ccccc2-c2cccc(N(c3cccc(-c4ccc5ccccc5c4)c3)c3cccc4sc5ccccc5c34)c21. The van der Waals surface area contributed by atoms with Crippen molar-refractivity contribution in [3.63, 3.8) is 0 Å². The van der Waals surface area contributed by atoms with Crippen LogP contribution >= 0.6 is 11.3 Å². The van der Waals surface area contributed by atoms with Gasteiger partial charge in [0, 0.05) is 31.3 Å². The molecule has 1 aliphatic rings. The third-order valence-corrected chi connectivity index (χ3v) is 10.7. The number of hydrogen-bond donors (Lipinski definition) is 0. The summed E-state index contributed by atoms with van der Waals surface area (Å²) in [4.78, 5) is 2.53. The van der Waals surface area contributed by atoms with E-state index in [0.29, 0.717) is 0 Å². The molecule has 9 rings (SSSR count). The number of anilines is 3. The van der Waals surface area contributed by atoms with Crippen LogP contribution in [0.2, 0.25) is 0 Å². The van der Waals surface area contributed by atoms with Gasteiger partial charge >= 0.3 is 0 Å². The molecule has 0 unspecified atom stereocenters. The van der Waals surface area contributed by atoms with Crippen LogP contribution in [0.15, 0.2) is 152 Å². The third-order valence-electron chi connectivity index (χ3n) is 9.61. The van der Waals surface area contributed by atoms with Crippen LogP contribution in [-0.2, 0) is 5.41 Å². The average molecular weight is 594 g/mol. The van der Waals surface area contributed by atoms with Gasteiger partial charge in [-0.25, -0.2) is 0 Å². The van der Waals surface area contributed by atoms with Gasteiger partial charge in [0.05, 0.1) is 11.4 Å². The molecule has 1 nitrogen and oxygen atoms in total. The van der Waals surface area contributed by atoms with E-state index in [0.717, 1.165) is 5.69 Å². The maximum atomic E-state index is 2.53. The second-order valence-corrected chi connectivity index (χ2v) is 13.7. The summed E-state index contributed by atoms with van der Waals surface area (Å²) in [6.45, 7) is 4.76. The van der Waals surface area contributed by atoms with E-state index in [1.165, 1.54) is 75.7 Å². The first kappa shape index (κ1) is 26.2. The van der Waals surface area contributed by atoms with Gasteiger partial charge in [0.1, 0.15) is 0 Å². The Hall–Kier alpha value is -5.18. The summed E-state index contributed by atoms with van der Waals surface area (Å²) >= 11 is 1.87. The molecule has 0 saturated carbocycles. The predicted octanol–water partition coefficient (Wildman–Crippen LogP) is 12.7. The van der Waals surface area contributed by atoms with E-state index in [2.05, 4.69) is 170 Å². The Morgan fingerprint density at radius 1 is 0.511 bits per heavy atom. The molecule has 0 fully saturated rings. The fourth-order valence-corrected chi connectivity index (χ4v) is 8.68. The summed E-state index contributed by atoms with van der Waals surface area (Å²) in [5.41, 5.74) is 11.3. The first-order chi connectivity index (χ1) is 22.1. The van der Waals surface area contributed by atoms with E-state index in [4.69, 9.17) is 0 Å². The molecule has 8 aromatic rings. The first-order valence-electron chi connectivity index (χ1n) is 15.6. The normalized spacial score (nSPS) is 13.3. The average Bonchev–Trinajstić information content (AvgIpc) is 3.58.